The number of thioether (sulfide) groups is 1. The van der Waals surface area contributed by atoms with E-state index >= 15 is 0 Å². The van der Waals surface area contributed by atoms with Gasteiger partial charge in [-0.15, -0.1) is 11.8 Å². The molecular weight excluding hydrogens is 276 g/mol. The molecule has 2 rings (SSSR count). The van der Waals surface area contributed by atoms with Crippen LogP contribution in [0.1, 0.15) is 20.8 Å². The highest BCUT2D eigenvalue weighted by molar-refractivity contribution is 7.99. The van der Waals surface area contributed by atoms with E-state index in [1.807, 2.05) is 32.0 Å². The van der Waals surface area contributed by atoms with Crippen molar-refractivity contribution in [1.29, 1.82) is 0 Å². The summed E-state index contributed by atoms with van der Waals surface area (Å²) in [5.41, 5.74) is -0.324. The molecule has 5 heteroatoms. The van der Waals surface area contributed by atoms with Gasteiger partial charge in [0, 0.05) is 16.4 Å². The van der Waals surface area contributed by atoms with Crippen molar-refractivity contribution in [2.24, 2.45) is 11.3 Å². The second kappa shape index (κ2) is 5.56. The van der Waals surface area contributed by atoms with Crippen LogP contribution in [0.3, 0.4) is 0 Å². The molecule has 1 aliphatic rings. The van der Waals surface area contributed by atoms with Gasteiger partial charge in [-0.25, -0.2) is 0 Å². The average Bonchev–Trinajstić information content (AvgIpc) is 2.93. The Kier molecular flexibility index (Phi) is 4.18. The fourth-order valence-electron chi connectivity index (χ4n) is 2.40. The smallest absolute Gasteiger partial charge is 0.310 e. The number of rotatable bonds is 6. The Bertz CT molecular complexity index is 513. The van der Waals surface area contributed by atoms with Crippen LogP contribution in [-0.2, 0) is 4.79 Å². The van der Waals surface area contributed by atoms with E-state index in [-0.39, 0.29) is 11.5 Å². The van der Waals surface area contributed by atoms with Gasteiger partial charge in [0.15, 0.2) is 0 Å². The molecule has 1 N–H and O–H groups in total. The highest BCUT2D eigenvalue weighted by atomic mass is 32.2. The van der Waals surface area contributed by atoms with Crippen LogP contribution >= 0.6 is 11.8 Å². The first-order valence-electron chi connectivity index (χ1n) is 6.62. The van der Waals surface area contributed by atoms with Gasteiger partial charge in [0.05, 0.1) is 7.11 Å². The SMILES string of the molecule is CCSc1ccc(OC2C(C(=O)O)C2(C)C)cc1OC. The second-order valence-electron chi connectivity index (χ2n) is 5.42. The summed E-state index contributed by atoms with van der Waals surface area (Å²) in [6.07, 6.45) is -0.283. The van der Waals surface area contributed by atoms with E-state index in [2.05, 4.69) is 6.92 Å². The van der Waals surface area contributed by atoms with E-state index in [0.29, 0.717) is 5.75 Å². The van der Waals surface area contributed by atoms with Crippen LogP contribution in [0, 0.1) is 11.3 Å². The molecular formula is C15H20O4S. The van der Waals surface area contributed by atoms with Crippen LogP contribution < -0.4 is 9.47 Å². The van der Waals surface area contributed by atoms with Crippen molar-refractivity contribution in [3.8, 4) is 11.5 Å². The summed E-state index contributed by atoms with van der Waals surface area (Å²) in [5, 5.41) is 9.14. The summed E-state index contributed by atoms with van der Waals surface area (Å²) in [6, 6.07) is 5.65. The van der Waals surface area contributed by atoms with Crippen LogP contribution in [0.15, 0.2) is 23.1 Å². The topological polar surface area (TPSA) is 55.8 Å². The molecule has 0 bridgehead atoms. The first-order valence-corrected chi connectivity index (χ1v) is 7.60. The van der Waals surface area contributed by atoms with Gasteiger partial charge < -0.3 is 14.6 Å². The normalized spacial score (nSPS) is 23.2. The first-order chi connectivity index (χ1) is 9.41. The Morgan fingerprint density at radius 1 is 1.45 bits per heavy atom. The fraction of sp³-hybridized carbons (Fsp3) is 0.533. The lowest BCUT2D eigenvalue weighted by molar-refractivity contribution is -0.139. The molecule has 0 aliphatic heterocycles. The first kappa shape index (κ1) is 15.0. The predicted octanol–water partition coefficient (Wildman–Crippen LogP) is 3.30. The van der Waals surface area contributed by atoms with Gasteiger partial charge in [-0.3, -0.25) is 4.79 Å². The maximum atomic E-state index is 11.1. The number of carbonyl (C=O) groups is 1. The van der Waals surface area contributed by atoms with E-state index in [4.69, 9.17) is 14.6 Å². The van der Waals surface area contributed by atoms with Crippen molar-refractivity contribution >= 4 is 17.7 Å². The predicted molar refractivity (Wildman–Crippen MR) is 78.7 cm³/mol. The third kappa shape index (κ3) is 2.73. The van der Waals surface area contributed by atoms with Crippen molar-refractivity contribution < 1.29 is 19.4 Å². The van der Waals surface area contributed by atoms with Gasteiger partial charge in [0.2, 0.25) is 0 Å². The maximum Gasteiger partial charge on any atom is 0.310 e. The third-order valence-corrected chi connectivity index (χ3v) is 4.63. The van der Waals surface area contributed by atoms with Gasteiger partial charge in [0.1, 0.15) is 23.5 Å². The van der Waals surface area contributed by atoms with Gasteiger partial charge >= 0.3 is 5.97 Å². The zero-order chi connectivity index (χ0) is 14.9. The summed E-state index contributed by atoms with van der Waals surface area (Å²) in [7, 11) is 1.62. The number of benzene rings is 1. The average molecular weight is 296 g/mol. The van der Waals surface area contributed by atoms with E-state index in [9.17, 15) is 4.79 Å². The van der Waals surface area contributed by atoms with Crippen LogP contribution in [0.25, 0.3) is 0 Å². The number of carboxylic acids is 1. The maximum absolute atomic E-state index is 11.1. The quantitative estimate of drug-likeness (QED) is 0.816. The molecule has 0 spiro atoms. The van der Waals surface area contributed by atoms with Crippen LogP contribution in [-0.4, -0.2) is 30.0 Å². The molecule has 2 atom stereocenters. The van der Waals surface area contributed by atoms with Gasteiger partial charge in [-0.05, 0) is 17.9 Å². The number of ether oxygens (including phenoxy) is 2. The summed E-state index contributed by atoms with van der Waals surface area (Å²) in [5.74, 6) is 1.14. The molecule has 0 amide bonds. The van der Waals surface area contributed by atoms with E-state index in [1.165, 1.54) is 0 Å². The van der Waals surface area contributed by atoms with Gasteiger partial charge in [-0.2, -0.15) is 0 Å². The number of methoxy groups -OCH3 is 1. The Hall–Kier alpha value is -1.36. The number of aliphatic carboxylic acids is 1. The minimum atomic E-state index is -0.801. The number of carboxylic acid groups (broad SMARTS) is 1. The largest absolute Gasteiger partial charge is 0.495 e. The fourth-order valence-corrected chi connectivity index (χ4v) is 3.16. The Balaban J connectivity index is 2.13. The Labute approximate surface area is 123 Å². The summed E-state index contributed by atoms with van der Waals surface area (Å²) in [4.78, 5) is 12.2. The van der Waals surface area contributed by atoms with Gasteiger partial charge in [-0.1, -0.05) is 20.8 Å². The zero-order valence-corrected chi connectivity index (χ0v) is 13.0. The molecule has 20 heavy (non-hydrogen) atoms. The van der Waals surface area contributed by atoms with Crippen LogP contribution in [0.5, 0.6) is 11.5 Å². The van der Waals surface area contributed by atoms with E-state index in [0.717, 1.165) is 16.4 Å². The highest BCUT2D eigenvalue weighted by Crippen LogP contribution is 2.54. The molecule has 1 fully saturated rings. The summed E-state index contributed by atoms with van der Waals surface area (Å²) in [6.45, 7) is 5.91. The standard InChI is InChI=1S/C15H20O4S/c1-5-20-11-7-6-9(8-10(11)18-4)19-13-12(14(16)17)15(13,2)3/h6-8,12-13H,5H2,1-4H3,(H,16,17). The van der Waals surface area contributed by atoms with Crippen molar-refractivity contribution in [3.05, 3.63) is 18.2 Å². The van der Waals surface area contributed by atoms with Crippen LogP contribution in [0.4, 0.5) is 0 Å². The lowest BCUT2D eigenvalue weighted by Crippen LogP contribution is -2.07. The molecule has 1 saturated carbocycles. The van der Waals surface area contributed by atoms with Crippen molar-refractivity contribution in [1.82, 2.24) is 0 Å². The molecule has 110 valence electrons. The monoisotopic (exact) mass is 296 g/mol. The highest BCUT2D eigenvalue weighted by Gasteiger charge is 2.64. The number of hydrogen-bond donors (Lipinski definition) is 1. The lowest BCUT2D eigenvalue weighted by Gasteiger charge is -2.11. The van der Waals surface area contributed by atoms with E-state index < -0.39 is 11.9 Å². The van der Waals surface area contributed by atoms with Crippen molar-refractivity contribution in [2.45, 2.75) is 31.8 Å². The second-order valence-corrected chi connectivity index (χ2v) is 6.73. The lowest BCUT2D eigenvalue weighted by atomic mass is 10.1. The molecule has 2 unspecified atom stereocenters. The molecule has 1 aromatic carbocycles. The summed E-state index contributed by atoms with van der Waals surface area (Å²) >= 11 is 1.70. The van der Waals surface area contributed by atoms with Crippen molar-refractivity contribution in [3.63, 3.8) is 0 Å². The molecule has 0 saturated heterocycles. The minimum Gasteiger partial charge on any atom is -0.495 e. The number of hydrogen-bond acceptors (Lipinski definition) is 4. The molecule has 0 radical (unpaired) electrons. The molecule has 1 aromatic rings. The van der Waals surface area contributed by atoms with E-state index in [1.54, 1.807) is 18.9 Å². The Morgan fingerprint density at radius 3 is 2.65 bits per heavy atom. The third-order valence-electron chi connectivity index (χ3n) is 3.69. The zero-order valence-electron chi connectivity index (χ0n) is 12.2. The van der Waals surface area contributed by atoms with Gasteiger partial charge in [0.25, 0.3) is 0 Å². The minimum absolute atomic E-state index is 0.283. The van der Waals surface area contributed by atoms with Crippen molar-refractivity contribution in [2.75, 3.05) is 12.9 Å². The molecule has 0 heterocycles. The molecule has 1 aliphatic carbocycles. The Morgan fingerprint density at radius 2 is 2.15 bits per heavy atom. The summed E-state index contributed by atoms with van der Waals surface area (Å²) < 4.78 is 11.2. The molecule has 4 nitrogen and oxygen atoms in total. The van der Waals surface area contributed by atoms with Crippen LogP contribution in [0.2, 0.25) is 0 Å². The molecule has 0 aromatic heterocycles.